The van der Waals surface area contributed by atoms with E-state index in [0.29, 0.717) is 84.5 Å². The summed E-state index contributed by atoms with van der Waals surface area (Å²) >= 11 is 0. The average molecular weight is 1790 g/mol. The van der Waals surface area contributed by atoms with E-state index in [1.165, 1.54) is 30.5 Å². The molecule has 0 bridgehead atoms. The lowest BCUT2D eigenvalue weighted by atomic mass is 9.60. The van der Waals surface area contributed by atoms with Crippen LogP contribution in [0.1, 0.15) is 127 Å². The Morgan fingerprint density at radius 1 is 0.432 bits per heavy atom. The number of ether oxygens (including phenoxy) is 4. The molecule has 4 aromatic carbocycles. The molecule has 13 N–H and O–H groups in total. The second-order valence-electron chi connectivity index (χ2n) is 37.1. The number of fused-ring (bicyclic) bond motifs is 14. The third-order valence-electron chi connectivity index (χ3n) is 29.0. The van der Waals surface area contributed by atoms with Gasteiger partial charge < -0.3 is 87.9 Å². The van der Waals surface area contributed by atoms with Gasteiger partial charge in [-0.2, -0.15) is 39.9 Å². The maximum atomic E-state index is 14.5. The van der Waals surface area contributed by atoms with Gasteiger partial charge in [-0.05, 0) is 174 Å². The third kappa shape index (κ3) is 15.4. The number of aromatic nitrogens is 15. The molecular formula is C96H103F4N27O5. The van der Waals surface area contributed by atoms with Crippen LogP contribution >= 0.6 is 0 Å². The number of nitrogens with two attached hydrogens (primary N) is 4. The fourth-order valence-electron chi connectivity index (χ4n) is 21.5. The van der Waals surface area contributed by atoms with Crippen LogP contribution in [0.15, 0.2) is 104 Å². The molecule has 4 saturated carbocycles. The SMILES string of the molecule is CCc1ncc(Oc2nc3c(c(N4CC5(CC[C@H]5N)C4)n2)-c2cc(F)cc(NC)c2C3)cn1.CCc1ncc(Oc2nc3c(c(N4CC5C[C@@H](N)C5C4)n2)-c2cc(F)cc(NC)c2C3)cn1.CNc1cc(F)cc2c1Cc1nc(Oc3ccc(CO)nc3)nc(N3C[C@H](N)C4(CC4)C3)c1-2.CNc1cc(F)cc2c1Cc1nc(Oc3cnc(C)nc3)nc(N3CC4[C@H](N)C[C@]4(C)C3)c1-2. The van der Waals surface area contributed by atoms with E-state index in [1.54, 1.807) is 102 Å². The zero-order chi connectivity index (χ0) is 91.1. The second kappa shape index (κ2) is 33.5. The van der Waals surface area contributed by atoms with Crippen LogP contribution in [-0.2, 0) is 45.1 Å². The fraction of sp³-hybridized carbons (Fsp3) is 0.406. The molecule has 680 valence electrons. The monoisotopic (exact) mass is 1790 g/mol. The maximum Gasteiger partial charge on any atom is 0.324 e. The number of hydrogen-bond acceptors (Lipinski definition) is 32. The van der Waals surface area contributed by atoms with Crippen LogP contribution < -0.4 is 82.7 Å². The second-order valence-corrected chi connectivity index (χ2v) is 37.1. The Kier molecular flexibility index (Phi) is 21.7. The highest BCUT2D eigenvalue weighted by atomic mass is 19.1. The minimum atomic E-state index is -0.302. The highest BCUT2D eigenvalue weighted by Crippen LogP contribution is 2.59. The molecule has 2 spiro atoms. The Bertz CT molecular complexity index is 6540. The molecule has 4 saturated heterocycles. The first-order chi connectivity index (χ1) is 63.9. The highest BCUT2D eigenvalue weighted by Gasteiger charge is 2.58. The molecular weight excluding hydrogens is 1690 g/mol. The van der Waals surface area contributed by atoms with E-state index in [1.807, 2.05) is 20.8 Å². The number of nitrogens with zero attached hydrogens (tertiary/aromatic N) is 19. The van der Waals surface area contributed by atoms with Gasteiger partial charge in [-0.25, -0.2) is 47.5 Å². The van der Waals surface area contributed by atoms with Gasteiger partial charge in [0.25, 0.3) is 0 Å². The molecule has 12 aromatic rings. The summed E-state index contributed by atoms with van der Waals surface area (Å²) in [7, 11) is 7.20. The predicted octanol–water partition coefficient (Wildman–Crippen LogP) is 12.6. The summed E-state index contributed by atoms with van der Waals surface area (Å²) in [6.07, 6.45) is 21.6. The minimum Gasteiger partial charge on any atom is -0.423 e. The van der Waals surface area contributed by atoms with Crippen molar-refractivity contribution < 1.29 is 41.6 Å². The van der Waals surface area contributed by atoms with Gasteiger partial charge in [0.1, 0.15) is 69.8 Å². The minimum absolute atomic E-state index is 0.0870. The Morgan fingerprint density at radius 2 is 0.826 bits per heavy atom. The van der Waals surface area contributed by atoms with Gasteiger partial charge in [0.2, 0.25) is 0 Å². The molecule has 132 heavy (non-hydrogen) atoms. The largest absolute Gasteiger partial charge is 0.423 e. The van der Waals surface area contributed by atoms with Gasteiger partial charge in [-0.15, -0.1) is 0 Å². The lowest BCUT2D eigenvalue weighted by Crippen LogP contribution is -2.69. The molecule has 32 nitrogen and oxygen atoms in total. The Morgan fingerprint density at radius 3 is 1.17 bits per heavy atom. The predicted molar refractivity (Wildman–Crippen MR) is 491 cm³/mol. The number of rotatable bonds is 19. The molecule has 8 aromatic heterocycles. The number of pyridine rings is 1. The number of aliphatic hydroxyl groups is 1. The standard InChI is InChI=1S/3C24H26FN7O.C24H25FN6O2/c1-12-28-8-14(9-29-12)33-23-30-20-6-15-16(4-13(25)5-19(15)27-3)21(20)22(31-23)32-10-17-18(26)7-24(17,2)11-32;1-3-21-28-8-14(9-29-21)33-24-30-20-7-15-16(5-13(25)6-19(15)27-2)22(20)23(31-24)32-10-12-4-18(26)17(12)11-32;1-3-20-28-9-14(10-29-20)33-23-30-18-8-15-16(6-13(25)7-17(15)27-2)21(18)22(31-23)32-11-24(12-32)5-4-19(24)26;1-27-18-7-13(25)6-17-16(18)8-19-21(17)22(31-10-20(26)24(12-31)4-5-24)30-23(29-19)33-15-3-2-14(11-32)28-9-15/h4-5,8-9,17-18,27H,6-7,10-11,26H2,1-3H3;5-6,8-9,12,17-18,27H,3-4,7,10-11,26H2,1-2H3;6-7,9-10,19,27H,3-5,8,11-12,26H2,1-2H3;2-3,6-7,9,20,27,32H,4-5,8,10-12,26H2,1H3/t17?,18-,24-;12?,17?,18-;19-;20-/m1110/s1. The molecule has 12 aliphatic rings. The van der Waals surface area contributed by atoms with Crippen LogP contribution in [0.2, 0.25) is 0 Å². The van der Waals surface area contributed by atoms with E-state index in [2.05, 4.69) is 82.7 Å². The Labute approximate surface area is 759 Å². The Balaban J connectivity index is 0.000000106. The van der Waals surface area contributed by atoms with Gasteiger partial charge in [0, 0.05) is 199 Å². The smallest absolute Gasteiger partial charge is 0.324 e. The van der Waals surface area contributed by atoms with Crippen molar-refractivity contribution in [1.29, 1.82) is 0 Å². The normalized spacial score (nSPS) is 21.5. The molecule has 12 heterocycles. The Hall–Kier alpha value is -13.3. The number of aliphatic hydroxyl groups excluding tert-OH is 1. The first-order valence-electron chi connectivity index (χ1n) is 45.2. The van der Waals surface area contributed by atoms with Crippen LogP contribution in [0, 0.1) is 64.2 Å². The molecule has 0 radical (unpaired) electrons. The number of hydrogen-bond donors (Lipinski definition) is 9. The molecule has 0 amide bonds. The highest BCUT2D eigenvalue weighted by molar-refractivity contribution is 5.92. The summed E-state index contributed by atoms with van der Waals surface area (Å²) in [5.41, 5.74) is 43.7. The van der Waals surface area contributed by atoms with Crippen molar-refractivity contribution >= 4 is 46.0 Å². The van der Waals surface area contributed by atoms with Crippen LogP contribution in [0.25, 0.3) is 44.5 Å². The number of benzene rings is 4. The van der Waals surface area contributed by atoms with E-state index >= 15 is 0 Å². The van der Waals surface area contributed by atoms with Crippen LogP contribution in [-0.4, -0.2) is 185 Å². The van der Waals surface area contributed by atoms with E-state index in [0.717, 1.165) is 244 Å². The van der Waals surface area contributed by atoms with Crippen molar-refractivity contribution in [3.05, 3.63) is 196 Å². The maximum absolute atomic E-state index is 14.5. The van der Waals surface area contributed by atoms with Gasteiger partial charge in [-0.3, -0.25) is 4.98 Å². The summed E-state index contributed by atoms with van der Waals surface area (Å²) < 4.78 is 81.8. The third-order valence-corrected chi connectivity index (χ3v) is 29.0. The number of aryl methyl sites for hydroxylation is 3. The van der Waals surface area contributed by atoms with Crippen molar-refractivity contribution in [3.63, 3.8) is 0 Å². The van der Waals surface area contributed by atoms with E-state index in [9.17, 15) is 22.7 Å². The zero-order valence-electron chi connectivity index (χ0n) is 74.6. The quantitative estimate of drug-likeness (QED) is 0.0340. The van der Waals surface area contributed by atoms with Gasteiger partial charge >= 0.3 is 24.0 Å². The van der Waals surface area contributed by atoms with E-state index in [4.69, 9.17) is 81.8 Å². The van der Waals surface area contributed by atoms with Crippen molar-refractivity contribution in [2.75, 3.05) is 121 Å². The first kappa shape index (κ1) is 85.5. The molecule has 4 aliphatic heterocycles. The molecule has 3 unspecified atom stereocenters. The van der Waals surface area contributed by atoms with Crippen molar-refractivity contribution in [1.82, 2.24) is 74.8 Å². The fourth-order valence-corrected chi connectivity index (χ4v) is 21.5. The van der Waals surface area contributed by atoms with Crippen molar-refractivity contribution in [3.8, 4) is 91.5 Å². The zero-order valence-corrected chi connectivity index (χ0v) is 74.6. The summed E-state index contributed by atoms with van der Waals surface area (Å²) in [6.45, 7) is 14.6. The molecule has 24 rings (SSSR count). The van der Waals surface area contributed by atoms with Crippen LogP contribution in [0.3, 0.4) is 0 Å². The molecule has 8 aliphatic carbocycles. The van der Waals surface area contributed by atoms with Crippen molar-refractivity contribution in [2.45, 2.75) is 136 Å². The summed E-state index contributed by atoms with van der Waals surface area (Å²) in [5, 5.41) is 21.7. The van der Waals surface area contributed by atoms with Crippen molar-refractivity contribution in [2.24, 2.45) is 56.9 Å². The van der Waals surface area contributed by atoms with E-state index in [-0.39, 0.29) is 94.3 Å². The lowest BCUT2D eigenvalue weighted by Gasteiger charge is -2.60. The molecule has 36 heteroatoms. The number of halogens is 4. The molecule has 8 fully saturated rings. The van der Waals surface area contributed by atoms with Gasteiger partial charge in [-0.1, -0.05) is 20.8 Å². The van der Waals surface area contributed by atoms with E-state index < -0.39 is 0 Å². The number of anilines is 8. The summed E-state index contributed by atoms with van der Waals surface area (Å²) in [6, 6.07) is 17.5. The molecule has 8 atom stereocenters. The topological polar surface area (TPSA) is 416 Å². The van der Waals surface area contributed by atoms with Crippen LogP contribution in [0.4, 0.5) is 63.6 Å². The van der Waals surface area contributed by atoms with Crippen LogP contribution in [0.5, 0.6) is 47.0 Å². The van der Waals surface area contributed by atoms with Gasteiger partial charge in [0.05, 0.1) is 78.5 Å². The lowest BCUT2D eigenvalue weighted by molar-refractivity contribution is 0.0558. The van der Waals surface area contributed by atoms with Gasteiger partial charge in [0.15, 0.2) is 17.2 Å². The first-order valence-corrected chi connectivity index (χ1v) is 45.2. The number of nitrogens with one attached hydrogen (secondary N) is 4. The summed E-state index contributed by atoms with van der Waals surface area (Å²) in [5.74, 6) is 7.45. The average Bonchev–Trinajstić information content (AvgIpc) is 1.04. The summed E-state index contributed by atoms with van der Waals surface area (Å²) in [4.78, 5) is 76.8.